The van der Waals surface area contributed by atoms with Crippen molar-refractivity contribution in [1.82, 2.24) is 10.6 Å². The minimum Gasteiger partial charge on any atom is -0.378 e. The van der Waals surface area contributed by atoms with E-state index in [0.717, 1.165) is 12.8 Å². The number of amides is 5. The quantitative estimate of drug-likeness (QED) is 0.332. The van der Waals surface area contributed by atoms with Crippen molar-refractivity contribution >= 4 is 52.9 Å². The zero-order valence-electron chi connectivity index (χ0n) is 21.3. The molecule has 11 nitrogen and oxygen atoms in total. The highest BCUT2D eigenvalue weighted by atomic mass is 35.5. The molecule has 2 aliphatic rings. The fourth-order valence-corrected chi connectivity index (χ4v) is 4.43. The van der Waals surface area contributed by atoms with Crippen LogP contribution in [0, 0.1) is 23.2 Å². The Morgan fingerprint density at radius 2 is 1.87 bits per heavy atom. The number of urea groups is 1. The van der Waals surface area contributed by atoms with Gasteiger partial charge in [0.25, 0.3) is 5.91 Å². The molecule has 2 fully saturated rings. The number of benzene rings is 2. The summed E-state index contributed by atoms with van der Waals surface area (Å²) in [4.78, 5) is 51.6. The van der Waals surface area contributed by atoms with Gasteiger partial charge < -0.3 is 30.9 Å². The van der Waals surface area contributed by atoms with Crippen molar-refractivity contribution in [3.8, 4) is 6.07 Å². The Morgan fingerprint density at radius 3 is 2.54 bits per heavy atom. The first-order valence-corrected chi connectivity index (χ1v) is 13.0. The summed E-state index contributed by atoms with van der Waals surface area (Å²) in [6.07, 6.45) is 2.82. The van der Waals surface area contributed by atoms with Gasteiger partial charge in [-0.25, -0.2) is 4.79 Å². The van der Waals surface area contributed by atoms with Crippen LogP contribution in [0.25, 0.3) is 0 Å². The van der Waals surface area contributed by atoms with Crippen LogP contribution in [0.3, 0.4) is 0 Å². The first-order chi connectivity index (χ1) is 18.8. The van der Waals surface area contributed by atoms with Crippen molar-refractivity contribution in [2.24, 2.45) is 11.8 Å². The summed E-state index contributed by atoms with van der Waals surface area (Å²) in [5.74, 6) is -0.920. The number of nitriles is 1. The van der Waals surface area contributed by atoms with Crippen LogP contribution in [0.1, 0.15) is 35.7 Å². The van der Waals surface area contributed by atoms with E-state index in [1.807, 2.05) is 6.07 Å². The highest BCUT2D eigenvalue weighted by Gasteiger charge is 2.35. The maximum atomic E-state index is 13.1. The number of carbonyl (C=O) groups excluding carboxylic acids is 4. The molecule has 5 amide bonds. The molecule has 1 aliphatic heterocycles. The lowest BCUT2D eigenvalue weighted by Gasteiger charge is -2.21. The summed E-state index contributed by atoms with van der Waals surface area (Å²) in [6, 6.07) is 10.1. The molecule has 0 aromatic heterocycles. The van der Waals surface area contributed by atoms with E-state index in [1.165, 1.54) is 17.0 Å². The maximum absolute atomic E-state index is 13.1. The summed E-state index contributed by atoms with van der Waals surface area (Å²) in [5.41, 5.74) is 1.78. The number of hydrogen-bond donors (Lipinski definition) is 4. The number of anilines is 3. The second-order valence-electron chi connectivity index (χ2n) is 9.42. The largest absolute Gasteiger partial charge is 0.378 e. The van der Waals surface area contributed by atoms with Crippen LogP contribution >= 0.6 is 11.6 Å². The first kappa shape index (κ1) is 27.9. The van der Waals surface area contributed by atoms with Gasteiger partial charge >= 0.3 is 6.03 Å². The Labute approximate surface area is 230 Å². The van der Waals surface area contributed by atoms with Crippen LogP contribution < -0.4 is 26.2 Å². The number of ether oxygens (including phenoxy) is 1. The number of halogens is 1. The van der Waals surface area contributed by atoms with Crippen molar-refractivity contribution in [3.63, 3.8) is 0 Å². The molecule has 0 unspecified atom stereocenters. The molecule has 1 saturated heterocycles. The fraction of sp³-hybridized carbons (Fsp3) is 0.370. The second kappa shape index (κ2) is 12.6. The second-order valence-corrected chi connectivity index (χ2v) is 9.83. The minimum atomic E-state index is -0.686. The van der Waals surface area contributed by atoms with E-state index in [-0.39, 0.29) is 41.2 Å². The van der Waals surface area contributed by atoms with Crippen LogP contribution in [0.15, 0.2) is 36.4 Å². The van der Waals surface area contributed by atoms with Gasteiger partial charge in [-0.2, -0.15) is 5.26 Å². The van der Waals surface area contributed by atoms with Crippen LogP contribution in [-0.2, 0) is 14.3 Å². The summed E-state index contributed by atoms with van der Waals surface area (Å²) < 4.78 is 5.46. The molecule has 2 atom stereocenters. The Kier molecular flexibility index (Phi) is 9.01. The Bertz CT molecular complexity index is 1310. The molecule has 0 spiro atoms. The van der Waals surface area contributed by atoms with Crippen molar-refractivity contribution in [1.29, 1.82) is 5.26 Å². The van der Waals surface area contributed by atoms with Gasteiger partial charge in [0.2, 0.25) is 12.3 Å². The smallest absolute Gasteiger partial charge is 0.319 e. The van der Waals surface area contributed by atoms with Gasteiger partial charge in [0.05, 0.1) is 47.0 Å². The zero-order valence-corrected chi connectivity index (χ0v) is 22.1. The lowest BCUT2D eigenvalue weighted by Crippen LogP contribution is -2.46. The van der Waals surface area contributed by atoms with Gasteiger partial charge in [-0.15, -0.1) is 0 Å². The summed E-state index contributed by atoms with van der Waals surface area (Å²) in [7, 11) is 0. The molecule has 4 N–H and O–H groups in total. The van der Waals surface area contributed by atoms with E-state index in [0.29, 0.717) is 42.5 Å². The van der Waals surface area contributed by atoms with E-state index in [9.17, 15) is 19.2 Å². The van der Waals surface area contributed by atoms with Crippen LogP contribution in [0.4, 0.5) is 21.9 Å². The van der Waals surface area contributed by atoms with E-state index in [4.69, 9.17) is 21.6 Å². The average Bonchev–Trinajstić information content (AvgIpc) is 3.64. The molecule has 39 heavy (non-hydrogen) atoms. The molecule has 1 saturated carbocycles. The average molecular weight is 553 g/mol. The third-order valence-corrected chi connectivity index (χ3v) is 6.93. The molecule has 4 rings (SSSR count). The number of carbonyl (C=O) groups is 4. The topological polar surface area (TPSA) is 153 Å². The first-order valence-electron chi connectivity index (χ1n) is 12.6. The molecule has 2 aromatic carbocycles. The molecular formula is C27H29ClN6O5. The predicted octanol–water partition coefficient (Wildman–Crippen LogP) is 3.11. The van der Waals surface area contributed by atoms with E-state index in [2.05, 4.69) is 21.3 Å². The van der Waals surface area contributed by atoms with Crippen LogP contribution in [-0.4, -0.2) is 56.6 Å². The third-order valence-electron chi connectivity index (χ3n) is 6.62. The zero-order chi connectivity index (χ0) is 27.9. The summed E-state index contributed by atoms with van der Waals surface area (Å²) >= 11 is 6.02. The molecule has 0 bridgehead atoms. The number of hydrogen-bond acceptors (Lipinski definition) is 6. The van der Waals surface area contributed by atoms with Gasteiger partial charge in [0.1, 0.15) is 6.07 Å². The van der Waals surface area contributed by atoms with Crippen LogP contribution in [0.5, 0.6) is 0 Å². The lowest BCUT2D eigenvalue weighted by molar-refractivity contribution is -0.120. The molecular weight excluding hydrogens is 524 g/mol. The SMILES string of the molecule is CCN(C=O)c1ccc(NC(=O)[C@@H]2COC[C@@H]2NC(=O)Nc2ccc(C#N)c(Cl)c2)cc1C(=O)NCC1CC1. The number of rotatable bonds is 10. The lowest BCUT2D eigenvalue weighted by atomic mass is 10.0. The van der Waals surface area contributed by atoms with Gasteiger partial charge in [-0.1, -0.05) is 11.6 Å². The van der Waals surface area contributed by atoms with Crippen molar-refractivity contribution < 1.29 is 23.9 Å². The molecule has 204 valence electrons. The molecule has 1 aliphatic carbocycles. The normalized spacial score (nSPS) is 18.0. The number of nitrogens with one attached hydrogen (secondary N) is 4. The fourth-order valence-electron chi connectivity index (χ4n) is 4.21. The Balaban J connectivity index is 1.42. The Hall–Kier alpha value is -4.14. The van der Waals surface area contributed by atoms with Gasteiger partial charge in [-0.3, -0.25) is 14.4 Å². The third kappa shape index (κ3) is 7.04. The predicted molar refractivity (Wildman–Crippen MR) is 146 cm³/mol. The highest BCUT2D eigenvalue weighted by molar-refractivity contribution is 6.32. The standard InChI is InChI=1S/C27H29ClN6O5/c1-2-34(15-35)24-8-7-18(9-20(24)25(36)30-12-16-3-4-16)31-26(37)21-13-39-14-23(21)33-27(38)32-19-6-5-17(11-29)22(28)10-19/h5-10,15-16,21,23H,2-4,12-14H2,1H3,(H,30,36)(H,31,37)(H2,32,33,38)/t21-,23+/m1/s1. The van der Waals surface area contributed by atoms with Gasteiger partial charge in [0, 0.05) is 24.5 Å². The summed E-state index contributed by atoms with van der Waals surface area (Å²) in [5, 5.41) is 20.3. The molecule has 12 heteroatoms. The minimum absolute atomic E-state index is 0.0983. The van der Waals surface area contributed by atoms with Crippen molar-refractivity contribution in [3.05, 3.63) is 52.5 Å². The van der Waals surface area contributed by atoms with Crippen molar-refractivity contribution in [2.45, 2.75) is 25.8 Å². The van der Waals surface area contributed by atoms with Crippen molar-refractivity contribution in [2.75, 3.05) is 41.8 Å². The number of nitrogens with zero attached hydrogens (tertiary/aromatic N) is 2. The monoisotopic (exact) mass is 552 g/mol. The van der Waals surface area contributed by atoms with Gasteiger partial charge in [-0.05, 0) is 62.1 Å². The molecule has 0 radical (unpaired) electrons. The highest BCUT2D eigenvalue weighted by Crippen LogP contribution is 2.29. The van der Waals surface area contributed by atoms with Crippen LogP contribution in [0.2, 0.25) is 5.02 Å². The van der Waals surface area contributed by atoms with E-state index >= 15 is 0 Å². The molecule has 2 aromatic rings. The van der Waals surface area contributed by atoms with E-state index < -0.39 is 18.0 Å². The Morgan fingerprint density at radius 1 is 1.13 bits per heavy atom. The summed E-state index contributed by atoms with van der Waals surface area (Å²) in [6.45, 7) is 2.97. The molecule has 1 heterocycles. The van der Waals surface area contributed by atoms with Gasteiger partial charge in [0.15, 0.2) is 0 Å². The van der Waals surface area contributed by atoms with E-state index in [1.54, 1.807) is 31.2 Å². The maximum Gasteiger partial charge on any atom is 0.319 e.